The summed E-state index contributed by atoms with van der Waals surface area (Å²) in [6, 6.07) is 0. The standard InChI is InChI=1S/C10H16N2O8.Tb/c13-7(14)3-11(4-8(15)16)1-2-12(5-9(17)18)6-10(19)20;/h1-6H2,(H,13,14)(H,15,16)(H,17,18)(H,19,20);. The molecule has 0 saturated heterocycles. The van der Waals surface area contributed by atoms with Gasteiger partial charge in [0.25, 0.3) is 0 Å². The minimum atomic E-state index is -1.23. The van der Waals surface area contributed by atoms with E-state index >= 15 is 0 Å². The first kappa shape index (κ1) is 22.4. The van der Waals surface area contributed by atoms with E-state index in [4.69, 9.17) is 20.4 Å². The van der Waals surface area contributed by atoms with Gasteiger partial charge in [0.1, 0.15) is 0 Å². The number of carbonyl (C=O) groups is 4. The first-order chi connectivity index (χ1) is 9.20. The number of aliphatic carboxylic acids is 4. The molecule has 0 aromatic rings. The molecule has 0 spiro atoms. The second kappa shape index (κ2) is 11.7. The van der Waals surface area contributed by atoms with Crippen molar-refractivity contribution in [1.29, 1.82) is 0 Å². The summed E-state index contributed by atoms with van der Waals surface area (Å²) in [5.41, 5.74) is 0. The molecule has 0 bridgehead atoms. The van der Waals surface area contributed by atoms with Gasteiger partial charge in [-0.25, -0.2) is 0 Å². The van der Waals surface area contributed by atoms with Gasteiger partial charge in [-0.05, 0) is 0 Å². The smallest absolute Gasteiger partial charge is 0.317 e. The number of hydrogen-bond acceptors (Lipinski definition) is 6. The molecular formula is C10H16N2O8Tb. The molecule has 1 radical (unpaired) electrons. The summed E-state index contributed by atoms with van der Waals surface area (Å²) in [6.07, 6.45) is 0. The minimum absolute atomic E-state index is 0. The van der Waals surface area contributed by atoms with Crippen molar-refractivity contribution in [3.63, 3.8) is 0 Å². The monoisotopic (exact) mass is 451 g/mol. The SMILES string of the molecule is O=C(O)CN(CCN(CC(=O)O)CC(=O)O)CC(=O)O.[Tb]. The number of nitrogens with zero attached hydrogens (tertiary/aromatic N) is 2. The van der Waals surface area contributed by atoms with Crippen molar-refractivity contribution < 1.29 is 78.2 Å². The largest absolute Gasteiger partial charge is 0.480 e. The van der Waals surface area contributed by atoms with Crippen LogP contribution in [0.3, 0.4) is 0 Å². The molecule has 0 unspecified atom stereocenters. The van der Waals surface area contributed by atoms with E-state index in [-0.39, 0.29) is 51.7 Å². The number of carboxylic acid groups (broad SMARTS) is 4. The Morgan fingerprint density at radius 3 is 0.905 bits per heavy atom. The quantitative estimate of drug-likeness (QED) is 0.275. The third-order valence-corrected chi connectivity index (χ3v) is 2.17. The van der Waals surface area contributed by atoms with Crippen LogP contribution in [0.4, 0.5) is 0 Å². The zero-order valence-electron chi connectivity index (χ0n) is 10.9. The molecule has 21 heavy (non-hydrogen) atoms. The fraction of sp³-hybridized carbons (Fsp3) is 0.600. The maximum Gasteiger partial charge on any atom is 0.317 e. The Bertz CT molecular complexity index is 321. The van der Waals surface area contributed by atoms with E-state index in [2.05, 4.69) is 0 Å². The van der Waals surface area contributed by atoms with Crippen LogP contribution in [0.1, 0.15) is 0 Å². The Morgan fingerprint density at radius 1 is 0.571 bits per heavy atom. The van der Waals surface area contributed by atoms with Crippen LogP contribution in [-0.2, 0) is 19.2 Å². The van der Waals surface area contributed by atoms with Gasteiger partial charge >= 0.3 is 23.9 Å². The summed E-state index contributed by atoms with van der Waals surface area (Å²) in [4.78, 5) is 44.4. The molecule has 0 amide bonds. The summed E-state index contributed by atoms with van der Waals surface area (Å²) >= 11 is 0. The van der Waals surface area contributed by atoms with Gasteiger partial charge in [0.05, 0.1) is 26.2 Å². The molecule has 4 N–H and O–H groups in total. The van der Waals surface area contributed by atoms with E-state index in [1.165, 1.54) is 0 Å². The first-order valence-electron chi connectivity index (χ1n) is 5.52. The molecule has 0 rings (SSSR count). The van der Waals surface area contributed by atoms with E-state index in [1.807, 2.05) is 0 Å². The Hall–Kier alpha value is -0.914. The Morgan fingerprint density at radius 2 is 0.762 bits per heavy atom. The average Bonchev–Trinajstić information content (AvgIpc) is 2.22. The molecule has 0 aliphatic carbocycles. The van der Waals surface area contributed by atoms with Crippen molar-refractivity contribution in [3.05, 3.63) is 0 Å². The van der Waals surface area contributed by atoms with Gasteiger partial charge in [-0.3, -0.25) is 29.0 Å². The van der Waals surface area contributed by atoms with E-state index in [9.17, 15) is 19.2 Å². The first-order valence-corrected chi connectivity index (χ1v) is 5.52. The van der Waals surface area contributed by atoms with Crippen LogP contribution in [0.25, 0.3) is 0 Å². The predicted molar refractivity (Wildman–Crippen MR) is 63.4 cm³/mol. The molecular weight excluding hydrogens is 435 g/mol. The van der Waals surface area contributed by atoms with Crippen LogP contribution >= 0.6 is 0 Å². The summed E-state index contributed by atoms with van der Waals surface area (Å²) in [6.45, 7) is -2.25. The summed E-state index contributed by atoms with van der Waals surface area (Å²) in [5, 5.41) is 34.5. The molecule has 0 aliphatic heterocycles. The van der Waals surface area contributed by atoms with Gasteiger partial charge < -0.3 is 20.4 Å². The molecule has 123 valence electrons. The number of rotatable bonds is 11. The zero-order valence-corrected chi connectivity index (χ0v) is 13.0. The summed E-state index contributed by atoms with van der Waals surface area (Å²) < 4.78 is 0. The van der Waals surface area contributed by atoms with Gasteiger partial charge in [-0.1, -0.05) is 0 Å². The Balaban J connectivity index is 0. The number of carboxylic acids is 4. The van der Waals surface area contributed by atoms with E-state index in [0.717, 1.165) is 9.80 Å². The van der Waals surface area contributed by atoms with Crippen LogP contribution in [0.2, 0.25) is 0 Å². The van der Waals surface area contributed by atoms with Crippen LogP contribution in [-0.4, -0.2) is 93.4 Å². The normalized spacial score (nSPS) is 10.2. The van der Waals surface area contributed by atoms with Crippen molar-refractivity contribution in [2.75, 3.05) is 39.3 Å². The van der Waals surface area contributed by atoms with E-state index < -0.39 is 50.1 Å². The predicted octanol–water partition coefficient (Wildman–Crippen LogP) is -2.07. The van der Waals surface area contributed by atoms with Crippen molar-refractivity contribution in [1.82, 2.24) is 9.80 Å². The maximum absolute atomic E-state index is 10.6. The maximum atomic E-state index is 10.6. The average molecular weight is 451 g/mol. The van der Waals surface area contributed by atoms with Crippen molar-refractivity contribution in [3.8, 4) is 0 Å². The molecule has 0 aromatic carbocycles. The van der Waals surface area contributed by atoms with Crippen LogP contribution in [0.5, 0.6) is 0 Å². The Labute approximate surface area is 150 Å². The van der Waals surface area contributed by atoms with Gasteiger partial charge in [-0.15, -0.1) is 0 Å². The fourth-order valence-corrected chi connectivity index (χ4v) is 1.48. The molecule has 11 heteroatoms. The molecule has 10 nitrogen and oxygen atoms in total. The van der Waals surface area contributed by atoms with E-state index in [1.54, 1.807) is 0 Å². The van der Waals surface area contributed by atoms with Crippen molar-refractivity contribution in [2.45, 2.75) is 0 Å². The minimum Gasteiger partial charge on any atom is -0.480 e. The van der Waals surface area contributed by atoms with Crippen molar-refractivity contribution in [2.24, 2.45) is 0 Å². The van der Waals surface area contributed by atoms with Crippen molar-refractivity contribution >= 4 is 23.9 Å². The second-order valence-corrected chi connectivity index (χ2v) is 4.00. The van der Waals surface area contributed by atoms with Gasteiger partial charge in [0.2, 0.25) is 0 Å². The Kier molecular flexibility index (Phi) is 12.5. The summed E-state index contributed by atoms with van der Waals surface area (Å²) in [7, 11) is 0. The van der Waals surface area contributed by atoms with E-state index in [0.29, 0.717) is 0 Å². The summed E-state index contributed by atoms with van der Waals surface area (Å²) in [5.74, 6) is -4.91. The molecule has 0 atom stereocenters. The zero-order chi connectivity index (χ0) is 15.7. The van der Waals surface area contributed by atoms with Gasteiger partial charge in [0, 0.05) is 51.7 Å². The molecule has 0 saturated carbocycles. The second-order valence-electron chi connectivity index (χ2n) is 4.00. The van der Waals surface area contributed by atoms with Crippen LogP contribution < -0.4 is 0 Å². The number of hydrogen-bond donors (Lipinski definition) is 4. The van der Waals surface area contributed by atoms with Gasteiger partial charge in [0.15, 0.2) is 0 Å². The molecule has 0 aliphatic rings. The fourth-order valence-electron chi connectivity index (χ4n) is 1.48. The third-order valence-electron chi connectivity index (χ3n) is 2.17. The molecule has 0 aromatic heterocycles. The topological polar surface area (TPSA) is 156 Å². The molecule has 0 fully saturated rings. The van der Waals surface area contributed by atoms with Crippen LogP contribution in [0.15, 0.2) is 0 Å². The molecule has 0 heterocycles. The third kappa shape index (κ3) is 13.8. The van der Waals surface area contributed by atoms with Gasteiger partial charge in [-0.2, -0.15) is 0 Å². The van der Waals surface area contributed by atoms with Crippen LogP contribution in [0, 0.1) is 38.6 Å².